The molecule has 0 unspecified atom stereocenters. The van der Waals surface area contributed by atoms with Gasteiger partial charge in [0.25, 0.3) is 6.43 Å². The average molecular weight is 417 g/mol. The molecule has 1 saturated carbocycles. The number of fused-ring (bicyclic) bond motifs is 1. The number of pyridine rings is 2. The van der Waals surface area contributed by atoms with Crippen LogP contribution in [0.2, 0.25) is 0 Å². The van der Waals surface area contributed by atoms with Crippen molar-refractivity contribution in [3.63, 3.8) is 0 Å². The van der Waals surface area contributed by atoms with E-state index in [1.165, 1.54) is 0 Å². The highest BCUT2D eigenvalue weighted by Gasteiger charge is 2.29. The number of alkyl halides is 3. The van der Waals surface area contributed by atoms with Gasteiger partial charge in [-0.05, 0) is 30.9 Å². The van der Waals surface area contributed by atoms with Crippen molar-refractivity contribution in [3.8, 4) is 17.1 Å². The summed E-state index contributed by atoms with van der Waals surface area (Å²) in [5.41, 5.74) is 2.98. The lowest BCUT2D eigenvalue weighted by atomic mass is 10.1. The molecule has 3 aromatic heterocycles. The van der Waals surface area contributed by atoms with Crippen LogP contribution in [0.4, 0.5) is 19.0 Å². The van der Waals surface area contributed by atoms with Gasteiger partial charge in [-0.3, -0.25) is 4.40 Å². The van der Waals surface area contributed by atoms with Crippen LogP contribution >= 0.6 is 0 Å². The number of ether oxygens (including phenoxy) is 1. The fourth-order valence-electron chi connectivity index (χ4n) is 3.83. The van der Waals surface area contributed by atoms with Crippen LogP contribution in [-0.2, 0) is 0 Å². The number of nitrogens with zero attached hydrogens (tertiary/aromatic N) is 3. The van der Waals surface area contributed by atoms with E-state index in [9.17, 15) is 13.2 Å². The predicted octanol–water partition coefficient (Wildman–Crippen LogP) is 3.64. The Labute approximate surface area is 171 Å². The van der Waals surface area contributed by atoms with E-state index in [0.29, 0.717) is 41.9 Å². The number of aromatic nitrogens is 3. The molecule has 0 amide bonds. The molecule has 1 aliphatic heterocycles. The van der Waals surface area contributed by atoms with Gasteiger partial charge in [0.05, 0.1) is 23.6 Å². The van der Waals surface area contributed by atoms with E-state index in [0.717, 1.165) is 24.1 Å². The third-order valence-electron chi connectivity index (χ3n) is 5.51. The minimum absolute atomic E-state index is 0.314. The number of anilines is 1. The SMILES string of the molecule is FC(F)COc1cc2ncc(-c3cccc(N[C@@H]4CNC[C@H]4F)n3)n2cc1C1CC1. The Morgan fingerprint density at radius 2 is 2.13 bits per heavy atom. The molecule has 0 aromatic carbocycles. The second kappa shape index (κ2) is 7.79. The van der Waals surface area contributed by atoms with Gasteiger partial charge in [0.15, 0.2) is 0 Å². The summed E-state index contributed by atoms with van der Waals surface area (Å²) in [7, 11) is 0. The third kappa shape index (κ3) is 3.81. The fourth-order valence-corrected chi connectivity index (χ4v) is 3.83. The summed E-state index contributed by atoms with van der Waals surface area (Å²) in [6.45, 7) is 0.254. The Bertz CT molecular complexity index is 1050. The van der Waals surface area contributed by atoms with Crippen molar-refractivity contribution in [3.05, 3.63) is 42.2 Å². The Hall–Kier alpha value is -2.81. The molecule has 6 nitrogen and oxygen atoms in total. The molecule has 30 heavy (non-hydrogen) atoms. The number of halogens is 3. The molecule has 1 aliphatic carbocycles. The van der Waals surface area contributed by atoms with Crippen molar-refractivity contribution in [2.75, 3.05) is 25.0 Å². The molecule has 0 bridgehead atoms. The Morgan fingerprint density at radius 1 is 1.27 bits per heavy atom. The van der Waals surface area contributed by atoms with Gasteiger partial charge in [0.2, 0.25) is 0 Å². The van der Waals surface area contributed by atoms with Crippen LogP contribution in [0.3, 0.4) is 0 Å². The number of imidazole rings is 1. The highest BCUT2D eigenvalue weighted by atomic mass is 19.3. The van der Waals surface area contributed by atoms with Crippen LogP contribution in [0.5, 0.6) is 5.75 Å². The van der Waals surface area contributed by atoms with E-state index < -0.39 is 19.2 Å². The maximum Gasteiger partial charge on any atom is 0.272 e. The second-order valence-electron chi connectivity index (χ2n) is 7.77. The number of hydrogen-bond acceptors (Lipinski definition) is 5. The van der Waals surface area contributed by atoms with Gasteiger partial charge < -0.3 is 15.4 Å². The van der Waals surface area contributed by atoms with Crippen molar-refractivity contribution >= 4 is 11.5 Å². The summed E-state index contributed by atoms with van der Waals surface area (Å²) in [6, 6.07) is 6.93. The second-order valence-corrected chi connectivity index (χ2v) is 7.77. The van der Waals surface area contributed by atoms with Crippen LogP contribution in [0.1, 0.15) is 24.3 Å². The Balaban J connectivity index is 1.47. The molecule has 0 radical (unpaired) electrons. The summed E-state index contributed by atoms with van der Waals surface area (Å²) >= 11 is 0. The van der Waals surface area contributed by atoms with Gasteiger partial charge in [0, 0.05) is 30.9 Å². The molecule has 0 spiro atoms. The zero-order chi connectivity index (χ0) is 20.7. The van der Waals surface area contributed by atoms with Crippen molar-refractivity contribution in [2.45, 2.75) is 37.4 Å². The molecule has 5 rings (SSSR count). The molecule has 3 aromatic rings. The minimum atomic E-state index is -2.53. The highest BCUT2D eigenvalue weighted by molar-refractivity contribution is 5.64. The van der Waals surface area contributed by atoms with Crippen LogP contribution in [0.25, 0.3) is 17.0 Å². The molecular formula is C21H22F3N5O. The monoisotopic (exact) mass is 417 g/mol. The van der Waals surface area contributed by atoms with Crippen LogP contribution in [0.15, 0.2) is 36.7 Å². The molecule has 2 N–H and O–H groups in total. The molecule has 2 atom stereocenters. The molecule has 2 fully saturated rings. The lowest BCUT2D eigenvalue weighted by Gasteiger charge is -2.15. The maximum absolute atomic E-state index is 13.9. The lowest BCUT2D eigenvalue weighted by Crippen LogP contribution is -2.29. The van der Waals surface area contributed by atoms with E-state index in [1.807, 2.05) is 28.8 Å². The van der Waals surface area contributed by atoms with Crippen LogP contribution < -0.4 is 15.4 Å². The largest absolute Gasteiger partial charge is 0.487 e. The zero-order valence-corrected chi connectivity index (χ0v) is 16.2. The Morgan fingerprint density at radius 3 is 2.87 bits per heavy atom. The highest BCUT2D eigenvalue weighted by Crippen LogP contribution is 2.45. The third-order valence-corrected chi connectivity index (χ3v) is 5.51. The van der Waals surface area contributed by atoms with Gasteiger partial charge in [-0.1, -0.05) is 6.07 Å². The predicted molar refractivity (Wildman–Crippen MR) is 107 cm³/mol. The molecule has 158 valence electrons. The van der Waals surface area contributed by atoms with Gasteiger partial charge in [0.1, 0.15) is 30.0 Å². The summed E-state index contributed by atoms with van der Waals surface area (Å²) in [4.78, 5) is 9.05. The first kappa shape index (κ1) is 19.2. The van der Waals surface area contributed by atoms with E-state index in [-0.39, 0.29) is 6.04 Å². The smallest absolute Gasteiger partial charge is 0.272 e. The quantitative estimate of drug-likeness (QED) is 0.615. The summed E-state index contributed by atoms with van der Waals surface area (Å²) in [6.07, 6.45) is 2.15. The maximum atomic E-state index is 13.9. The van der Waals surface area contributed by atoms with Crippen molar-refractivity contribution in [2.24, 2.45) is 0 Å². The number of nitrogens with one attached hydrogen (secondary N) is 2. The normalized spacial score (nSPS) is 21.5. The molecular weight excluding hydrogens is 395 g/mol. The zero-order valence-electron chi connectivity index (χ0n) is 16.2. The van der Waals surface area contributed by atoms with Crippen LogP contribution in [-0.4, -0.2) is 52.7 Å². The minimum Gasteiger partial charge on any atom is -0.487 e. The lowest BCUT2D eigenvalue weighted by molar-refractivity contribution is 0.0814. The van der Waals surface area contributed by atoms with Gasteiger partial charge in [-0.2, -0.15) is 0 Å². The molecule has 9 heteroatoms. The summed E-state index contributed by atoms with van der Waals surface area (Å²) in [5, 5.41) is 6.16. The van der Waals surface area contributed by atoms with Crippen molar-refractivity contribution in [1.29, 1.82) is 0 Å². The first-order valence-electron chi connectivity index (χ1n) is 10.1. The number of rotatable bonds is 7. The molecule has 2 aliphatic rings. The van der Waals surface area contributed by atoms with E-state index in [4.69, 9.17) is 4.74 Å². The molecule has 4 heterocycles. The van der Waals surface area contributed by atoms with Crippen molar-refractivity contribution < 1.29 is 17.9 Å². The van der Waals surface area contributed by atoms with E-state index in [1.54, 1.807) is 12.3 Å². The van der Waals surface area contributed by atoms with Gasteiger partial charge in [-0.15, -0.1) is 0 Å². The standard InChI is InChI=1S/C21H22F3N5O/c22-14-7-25-8-16(14)28-20-3-1-2-15(27-20)17-9-26-21-6-18(30-11-19(23)24)13(10-29(17)21)12-4-5-12/h1-3,6,9-10,12,14,16,19,25H,4-5,7-8,11H2,(H,27,28)/t14-,16-/m1/s1. The van der Waals surface area contributed by atoms with E-state index >= 15 is 0 Å². The topological polar surface area (TPSA) is 63.5 Å². The van der Waals surface area contributed by atoms with Crippen LogP contribution in [0, 0.1) is 0 Å². The fraction of sp³-hybridized carbons (Fsp3) is 0.429. The number of hydrogen-bond donors (Lipinski definition) is 2. The van der Waals surface area contributed by atoms with Gasteiger partial charge in [-0.25, -0.2) is 23.1 Å². The summed E-state index contributed by atoms with van der Waals surface area (Å²) in [5.74, 6) is 1.38. The van der Waals surface area contributed by atoms with Crippen molar-refractivity contribution in [1.82, 2.24) is 19.7 Å². The first-order chi connectivity index (χ1) is 14.6. The first-order valence-corrected chi connectivity index (χ1v) is 10.1. The average Bonchev–Trinajstić information content (AvgIpc) is 3.38. The van der Waals surface area contributed by atoms with Gasteiger partial charge >= 0.3 is 0 Å². The molecule has 1 saturated heterocycles. The Kier molecular flexibility index (Phi) is 4.98. The van der Waals surface area contributed by atoms with E-state index in [2.05, 4.69) is 20.6 Å². The summed E-state index contributed by atoms with van der Waals surface area (Å²) < 4.78 is 46.4.